The minimum Gasteiger partial charge on any atom is -0.383 e. The first-order valence-corrected chi connectivity index (χ1v) is 13.0. The van der Waals surface area contributed by atoms with Crippen molar-refractivity contribution in [3.05, 3.63) is 84.7 Å². The summed E-state index contributed by atoms with van der Waals surface area (Å²) in [5, 5.41) is 9.39. The summed E-state index contributed by atoms with van der Waals surface area (Å²) >= 11 is 0. The van der Waals surface area contributed by atoms with Crippen LogP contribution < -0.4 is 20.9 Å². The third-order valence-corrected chi connectivity index (χ3v) is 6.96. The number of nitrogens with zero attached hydrogens (tertiary/aromatic N) is 3. The van der Waals surface area contributed by atoms with E-state index in [0.717, 1.165) is 67.4 Å². The molecule has 0 radical (unpaired) electrons. The lowest BCUT2D eigenvalue weighted by atomic mass is 9.99. The Morgan fingerprint density at radius 3 is 2.74 bits per heavy atom. The SMILES string of the molecule is C=CC(=O)Nc1cccc(-c2cccc3c2NC(Nc2ccc(N4CCN(CCOC)CC4)cc2F)N=C3)c1. The molecule has 2 heterocycles. The number of carbonyl (C=O) groups excluding carboxylic acids is 1. The molecule has 1 unspecified atom stereocenters. The van der Waals surface area contributed by atoms with Crippen LogP contribution in [0.25, 0.3) is 11.1 Å². The van der Waals surface area contributed by atoms with E-state index in [1.165, 1.54) is 6.08 Å². The van der Waals surface area contributed by atoms with Crippen LogP contribution in [-0.2, 0) is 9.53 Å². The van der Waals surface area contributed by atoms with Gasteiger partial charge in [-0.2, -0.15) is 0 Å². The topological polar surface area (TPSA) is 81.2 Å². The van der Waals surface area contributed by atoms with Gasteiger partial charge in [-0.15, -0.1) is 0 Å². The zero-order chi connectivity index (χ0) is 27.2. The summed E-state index contributed by atoms with van der Waals surface area (Å²) in [6, 6.07) is 18.8. The van der Waals surface area contributed by atoms with Crippen LogP contribution in [0, 0.1) is 5.82 Å². The monoisotopic (exact) mass is 528 g/mol. The number of hydrogen-bond acceptors (Lipinski definition) is 7. The average molecular weight is 529 g/mol. The summed E-state index contributed by atoms with van der Waals surface area (Å²) < 4.78 is 20.4. The minimum atomic E-state index is -0.549. The molecule has 39 heavy (non-hydrogen) atoms. The van der Waals surface area contributed by atoms with Crippen molar-refractivity contribution in [1.29, 1.82) is 0 Å². The van der Waals surface area contributed by atoms with Crippen LogP contribution in [-0.4, -0.2) is 69.8 Å². The van der Waals surface area contributed by atoms with Gasteiger partial charge >= 0.3 is 0 Å². The van der Waals surface area contributed by atoms with Gasteiger partial charge in [-0.25, -0.2) is 9.38 Å². The highest BCUT2D eigenvalue weighted by molar-refractivity contribution is 6.00. The number of aliphatic imine (C=N–C) groups is 1. The van der Waals surface area contributed by atoms with E-state index in [4.69, 9.17) is 4.74 Å². The third-order valence-electron chi connectivity index (χ3n) is 6.96. The number of rotatable bonds is 9. The maximum absolute atomic E-state index is 15.2. The number of nitrogens with one attached hydrogen (secondary N) is 3. The molecular weight excluding hydrogens is 495 g/mol. The number of fused-ring (bicyclic) bond motifs is 1. The molecule has 0 aliphatic carbocycles. The second-order valence-corrected chi connectivity index (χ2v) is 9.50. The normalized spacial score (nSPS) is 16.8. The van der Waals surface area contributed by atoms with Crippen LogP contribution in [0.2, 0.25) is 0 Å². The fourth-order valence-electron chi connectivity index (χ4n) is 4.85. The van der Waals surface area contributed by atoms with E-state index in [0.29, 0.717) is 11.4 Å². The highest BCUT2D eigenvalue weighted by Crippen LogP contribution is 2.34. The highest BCUT2D eigenvalue weighted by atomic mass is 19.1. The fraction of sp³-hybridized carbons (Fsp3) is 0.267. The van der Waals surface area contributed by atoms with Crippen molar-refractivity contribution in [3.8, 4) is 11.1 Å². The van der Waals surface area contributed by atoms with Crippen molar-refractivity contribution in [2.75, 3.05) is 67.3 Å². The molecule has 1 atom stereocenters. The Morgan fingerprint density at radius 1 is 1.15 bits per heavy atom. The predicted octanol–water partition coefficient (Wildman–Crippen LogP) is 4.63. The summed E-state index contributed by atoms with van der Waals surface area (Å²) in [5.41, 5.74) is 5.59. The zero-order valence-corrected chi connectivity index (χ0v) is 22.0. The van der Waals surface area contributed by atoms with Gasteiger partial charge < -0.3 is 25.6 Å². The average Bonchev–Trinajstić information content (AvgIpc) is 2.97. The molecule has 9 heteroatoms. The number of benzene rings is 3. The molecule has 5 rings (SSSR count). The molecule has 202 valence electrons. The molecule has 0 aromatic heterocycles. The van der Waals surface area contributed by atoms with E-state index in [-0.39, 0.29) is 11.7 Å². The van der Waals surface area contributed by atoms with E-state index < -0.39 is 6.29 Å². The van der Waals surface area contributed by atoms with Crippen LogP contribution in [0.3, 0.4) is 0 Å². The van der Waals surface area contributed by atoms with Gasteiger partial charge in [-0.1, -0.05) is 36.9 Å². The summed E-state index contributed by atoms with van der Waals surface area (Å²) in [6.45, 7) is 8.70. The molecule has 0 spiro atoms. The lowest BCUT2D eigenvalue weighted by Crippen LogP contribution is -2.47. The highest BCUT2D eigenvalue weighted by Gasteiger charge is 2.21. The second-order valence-electron chi connectivity index (χ2n) is 9.50. The van der Waals surface area contributed by atoms with E-state index in [1.54, 1.807) is 25.5 Å². The van der Waals surface area contributed by atoms with Gasteiger partial charge in [0.1, 0.15) is 5.82 Å². The lowest BCUT2D eigenvalue weighted by Gasteiger charge is -2.36. The first-order chi connectivity index (χ1) is 19.0. The van der Waals surface area contributed by atoms with Crippen LogP contribution >= 0.6 is 0 Å². The number of piperazine rings is 1. The third kappa shape index (κ3) is 6.27. The van der Waals surface area contributed by atoms with Gasteiger partial charge in [0.25, 0.3) is 0 Å². The van der Waals surface area contributed by atoms with Gasteiger partial charge in [0, 0.05) is 68.5 Å². The van der Waals surface area contributed by atoms with Crippen LogP contribution in [0.4, 0.5) is 27.1 Å². The summed E-state index contributed by atoms with van der Waals surface area (Å²) in [6.07, 6.45) is 2.47. The number of para-hydroxylation sites is 1. The van der Waals surface area contributed by atoms with E-state index in [1.807, 2.05) is 48.5 Å². The van der Waals surface area contributed by atoms with Crippen molar-refractivity contribution >= 4 is 34.9 Å². The Bertz CT molecular complexity index is 1370. The predicted molar refractivity (Wildman–Crippen MR) is 156 cm³/mol. The maximum Gasteiger partial charge on any atom is 0.247 e. The largest absolute Gasteiger partial charge is 0.383 e. The van der Waals surface area contributed by atoms with E-state index in [9.17, 15) is 4.79 Å². The lowest BCUT2D eigenvalue weighted by molar-refractivity contribution is -0.111. The van der Waals surface area contributed by atoms with E-state index in [2.05, 4.69) is 37.3 Å². The summed E-state index contributed by atoms with van der Waals surface area (Å²) in [5.74, 6) is -0.592. The molecule has 1 amide bonds. The van der Waals surface area contributed by atoms with Crippen molar-refractivity contribution < 1.29 is 13.9 Å². The van der Waals surface area contributed by atoms with Gasteiger partial charge in [0.2, 0.25) is 5.91 Å². The zero-order valence-electron chi connectivity index (χ0n) is 22.0. The first-order valence-electron chi connectivity index (χ1n) is 13.0. The van der Waals surface area contributed by atoms with Crippen LogP contribution in [0.5, 0.6) is 0 Å². The number of ether oxygens (including phenoxy) is 1. The Labute approximate surface area is 228 Å². The van der Waals surface area contributed by atoms with Crippen molar-refractivity contribution in [2.45, 2.75) is 6.29 Å². The van der Waals surface area contributed by atoms with Crippen molar-refractivity contribution in [1.82, 2.24) is 4.90 Å². The fourth-order valence-corrected chi connectivity index (χ4v) is 4.85. The summed E-state index contributed by atoms with van der Waals surface area (Å²) in [4.78, 5) is 20.9. The molecule has 0 bridgehead atoms. The molecule has 3 aromatic rings. The smallest absolute Gasteiger partial charge is 0.247 e. The summed E-state index contributed by atoms with van der Waals surface area (Å²) in [7, 11) is 1.72. The number of hydrogen-bond donors (Lipinski definition) is 3. The Balaban J connectivity index is 1.28. The Morgan fingerprint density at radius 2 is 1.97 bits per heavy atom. The number of carbonyl (C=O) groups is 1. The molecule has 3 aromatic carbocycles. The molecule has 3 N–H and O–H groups in total. The second kappa shape index (κ2) is 12.1. The number of anilines is 4. The quantitative estimate of drug-likeness (QED) is 0.352. The standard InChI is InChI=1S/C30H33FN6O2/c1-3-28(38)33-23-8-4-6-21(18-23)25-9-5-7-22-20-32-30(35-29(22)25)34-27-11-10-24(19-26(27)31)37-14-12-36(13-15-37)16-17-39-2/h3-11,18-20,30,34-35H,1,12-17H2,2H3,(H,33,38). The molecule has 8 nitrogen and oxygen atoms in total. The molecule has 2 aliphatic heterocycles. The number of methoxy groups -OCH3 is 1. The molecule has 2 aliphatic rings. The van der Waals surface area contributed by atoms with Gasteiger partial charge in [-0.05, 0) is 42.0 Å². The van der Waals surface area contributed by atoms with Gasteiger partial charge in [0.15, 0.2) is 6.29 Å². The van der Waals surface area contributed by atoms with Gasteiger partial charge in [-0.3, -0.25) is 9.69 Å². The molecule has 0 saturated carbocycles. The number of halogens is 1. The van der Waals surface area contributed by atoms with E-state index >= 15 is 4.39 Å². The van der Waals surface area contributed by atoms with Crippen LogP contribution in [0.1, 0.15) is 5.56 Å². The van der Waals surface area contributed by atoms with Crippen molar-refractivity contribution in [2.24, 2.45) is 4.99 Å². The maximum atomic E-state index is 15.2. The molecule has 1 fully saturated rings. The molecule has 1 saturated heterocycles. The first kappa shape index (κ1) is 26.4. The van der Waals surface area contributed by atoms with Gasteiger partial charge in [0.05, 0.1) is 18.0 Å². The minimum absolute atomic E-state index is 0.269. The Kier molecular flexibility index (Phi) is 8.19. The molecular formula is C30H33FN6O2. The Hall–Kier alpha value is -4.21. The van der Waals surface area contributed by atoms with Crippen LogP contribution in [0.15, 0.2) is 78.3 Å². The van der Waals surface area contributed by atoms with Crippen molar-refractivity contribution in [3.63, 3.8) is 0 Å². The number of amides is 1.